The first-order chi connectivity index (χ1) is 9.52. The summed E-state index contributed by atoms with van der Waals surface area (Å²) < 4.78 is 16.5. The van der Waals surface area contributed by atoms with E-state index < -0.39 is 0 Å². The number of nitrogens with one attached hydrogen (secondary N) is 1. The summed E-state index contributed by atoms with van der Waals surface area (Å²) in [5.41, 5.74) is 1.17. The predicted octanol–water partition coefficient (Wildman–Crippen LogP) is 3.00. The molecule has 0 radical (unpaired) electrons. The van der Waals surface area contributed by atoms with Gasteiger partial charge in [0.25, 0.3) is 0 Å². The maximum absolute atomic E-state index is 5.70. The van der Waals surface area contributed by atoms with E-state index in [0.717, 1.165) is 31.2 Å². The van der Waals surface area contributed by atoms with Gasteiger partial charge in [0.2, 0.25) is 0 Å². The summed E-state index contributed by atoms with van der Waals surface area (Å²) in [5, 5.41) is 3.35. The zero-order valence-electron chi connectivity index (χ0n) is 13.2. The third-order valence-electron chi connectivity index (χ3n) is 2.65. The van der Waals surface area contributed by atoms with Gasteiger partial charge >= 0.3 is 0 Å². The molecule has 0 aliphatic rings. The van der Waals surface area contributed by atoms with Crippen molar-refractivity contribution in [1.29, 1.82) is 0 Å². The molecule has 1 rings (SSSR count). The monoisotopic (exact) mass is 281 g/mol. The lowest BCUT2D eigenvalue weighted by Crippen LogP contribution is -2.21. The first-order valence-corrected chi connectivity index (χ1v) is 7.18. The van der Waals surface area contributed by atoms with Gasteiger partial charge in [0.15, 0.2) is 11.5 Å². The van der Waals surface area contributed by atoms with Gasteiger partial charge in [0.05, 0.1) is 25.9 Å². The van der Waals surface area contributed by atoms with Crippen LogP contribution in [0.15, 0.2) is 18.2 Å². The molecule has 1 N–H and O–H groups in total. The fourth-order valence-corrected chi connectivity index (χ4v) is 1.77. The van der Waals surface area contributed by atoms with Crippen LogP contribution in [0, 0.1) is 0 Å². The Morgan fingerprint density at radius 3 is 2.40 bits per heavy atom. The minimum atomic E-state index is 0.140. The summed E-state index contributed by atoms with van der Waals surface area (Å²) in [5.74, 6) is 1.56. The van der Waals surface area contributed by atoms with Crippen LogP contribution >= 0.6 is 0 Å². The first-order valence-electron chi connectivity index (χ1n) is 7.18. The molecule has 0 unspecified atom stereocenters. The molecule has 0 atom stereocenters. The van der Waals surface area contributed by atoms with Gasteiger partial charge in [-0.2, -0.15) is 0 Å². The van der Waals surface area contributed by atoms with E-state index in [2.05, 4.69) is 11.4 Å². The molecule has 4 nitrogen and oxygen atoms in total. The van der Waals surface area contributed by atoms with Gasteiger partial charge in [-0.15, -0.1) is 0 Å². The van der Waals surface area contributed by atoms with E-state index in [0.29, 0.717) is 0 Å². The van der Waals surface area contributed by atoms with E-state index in [1.165, 1.54) is 5.56 Å². The van der Waals surface area contributed by atoms with E-state index in [9.17, 15) is 0 Å². The fourth-order valence-electron chi connectivity index (χ4n) is 1.77. The molecule has 0 fully saturated rings. The summed E-state index contributed by atoms with van der Waals surface area (Å²) in [6.07, 6.45) is 0.422. The number of methoxy groups -OCH3 is 1. The minimum Gasteiger partial charge on any atom is -0.493 e. The molecule has 0 bridgehead atoms. The van der Waals surface area contributed by atoms with Crippen LogP contribution in [0.1, 0.15) is 33.3 Å². The second kappa shape index (κ2) is 8.82. The molecule has 1 aromatic rings. The van der Waals surface area contributed by atoms with Crippen LogP contribution in [-0.4, -0.2) is 32.5 Å². The average Bonchev–Trinajstić information content (AvgIpc) is 2.38. The number of hydrogen-bond acceptors (Lipinski definition) is 4. The van der Waals surface area contributed by atoms with Gasteiger partial charge in [-0.3, -0.25) is 0 Å². The quantitative estimate of drug-likeness (QED) is 0.706. The van der Waals surface area contributed by atoms with E-state index in [4.69, 9.17) is 14.2 Å². The summed E-state index contributed by atoms with van der Waals surface area (Å²) in [6, 6.07) is 6.02. The smallest absolute Gasteiger partial charge is 0.161 e. The normalized spacial score (nSPS) is 11.2. The first kappa shape index (κ1) is 16.8. The standard InChI is InChI=1S/C16H27NO3/c1-12(2)19-9-8-17-11-14-6-7-15(20-13(3)4)16(10-14)18-5/h6-7,10,12-13,17H,8-9,11H2,1-5H3. The molecule has 0 saturated heterocycles. The molecule has 0 amide bonds. The fraction of sp³-hybridized carbons (Fsp3) is 0.625. The molecule has 0 aromatic heterocycles. The second-order valence-corrected chi connectivity index (χ2v) is 5.25. The van der Waals surface area contributed by atoms with Crippen molar-refractivity contribution in [3.8, 4) is 11.5 Å². The van der Waals surface area contributed by atoms with Crippen LogP contribution in [-0.2, 0) is 11.3 Å². The van der Waals surface area contributed by atoms with Gasteiger partial charge in [0.1, 0.15) is 0 Å². The van der Waals surface area contributed by atoms with Crippen LogP contribution in [0.3, 0.4) is 0 Å². The van der Waals surface area contributed by atoms with Crippen LogP contribution in [0.5, 0.6) is 11.5 Å². The van der Waals surface area contributed by atoms with E-state index >= 15 is 0 Å². The summed E-state index contributed by atoms with van der Waals surface area (Å²) >= 11 is 0. The molecular formula is C16H27NO3. The lowest BCUT2D eigenvalue weighted by atomic mass is 10.2. The highest BCUT2D eigenvalue weighted by molar-refractivity contribution is 5.43. The largest absolute Gasteiger partial charge is 0.493 e. The topological polar surface area (TPSA) is 39.7 Å². The van der Waals surface area contributed by atoms with Gasteiger partial charge in [-0.1, -0.05) is 6.07 Å². The summed E-state index contributed by atoms with van der Waals surface area (Å²) in [7, 11) is 1.66. The Balaban J connectivity index is 2.47. The van der Waals surface area contributed by atoms with Crippen LogP contribution < -0.4 is 14.8 Å². The summed E-state index contributed by atoms with van der Waals surface area (Å²) in [6.45, 7) is 10.4. The number of rotatable bonds is 9. The van der Waals surface area contributed by atoms with Crippen LogP contribution in [0.2, 0.25) is 0 Å². The van der Waals surface area contributed by atoms with Crippen LogP contribution in [0.4, 0.5) is 0 Å². The highest BCUT2D eigenvalue weighted by atomic mass is 16.5. The Kier molecular flexibility index (Phi) is 7.41. The SMILES string of the molecule is COc1cc(CNCCOC(C)C)ccc1OC(C)C. The van der Waals surface area contributed by atoms with E-state index in [-0.39, 0.29) is 12.2 Å². The van der Waals surface area contributed by atoms with Crippen molar-refractivity contribution in [2.75, 3.05) is 20.3 Å². The highest BCUT2D eigenvalue weighted by Gasteiger charge is 2.07. The Morgan fingerprint density at radius 2 is 1.80 bits per heavy atom. The molecule has 0 spiro atoms. The van der Waals surface area contributed by atoms with Gasteiger partial charge < -0.3 is 19.5 Å². The average molecular weight is 281 g/mol. The molecule has 20 heavy (non-hydrogen) atoms. The number of hydrogen-bond donors (Lipinski definition) is 1. The molecule has 1 aromatic carbocycles. The molecular weight excluding hydrogens is 254 g/mol. The molecule has 0 heterocycles. The third-order valence-corrected chi connectivity index (χ3v) is 2.65. The Morgan fingerprint density at radius 1 is 1.05 bits per heavy atom. The van der Waals surface area contributed by atoms with Crippen molar-refractivity contribution >= 4 is 0 Å². The molecule has 4 heteroatoms. The second-order valence-electron chi connectivity index (χ2n) is 5.25. The van der Waals surface area contributed by atoms with Crippen molar-refractivity contribution in [2.45, 2.75) is 46.4 Å². The maximum Gasteiger partial charge on any atom is 0.161 e. The predicted molar refractivity (Wildman–Crippen MR) is 81.6 cm³/mol. The Bertz CT molecular complexity index is 391. The Hall–Kier alpha value is -1.26. The number of ether oxygens (including phenoxy) is 3. The van der Waals surface area contributed by atoms with Crippen molar-refractivity contribution in [3.63, 3.8) is 0 Å². The Labute approximate surface area is 122 Å². The highest BCUT2D eigenvalue weighted by Crippen LogP contribution is 2.28. The molecule has 0 saturated carbocycles. The number of benzene rings is 1. The third kappa shape index (κ3) is 6.26. The molecule has 0 aliphatic heterocycles. The lowest BCUT2D eigenvalue weighted by Gasteiger charge is -2.15. The molecule has 0 aliphatic carbocycles. The van der Waals surface area contributed by atoms with Crippen molar-refractivity contribution < 1.29 is 14.2 Å². The van der Waals surface area contributed by atoms with Crippen molar-refractivity contribution in [2.24, 2.45) is 0 Å². The van der Waals surface area contributed by atoms with E-state index in [1.807, 2.05) is 39.8 Å². The van der Waals surface area contributed by atoms with Gasteiger partial charge in [0, 0.05) is 13.1 Å². The summed E-state index contributed by atoms with van der Waals surface area (Å²) in [4.78, 5) is 0. The zero-order chi connectivity index (χ0) is 15.0. The van der Waals surface area contributed by atoms with Crippen molar-refractivity contribution in [3.05, 3.63) is 23.8 Å². The van der Waals surface area contributed by atoms with Gasteiger partial charge in [-0.05, 0) is 45.4 Å². The van der Waals surface area contributed by atoms with Crippen molar-refractivity contribution in [1.82, 2.24) is 5.32 Å². The lowest BCUT2D eigenvalue weighted by molar-refractivity contribution is 0.0807. The zero-order valence-corrected chi connectivity index (χ0v) is 13.2. The van der Waals surface area contributed by atoms with E-state index in [1.54, 1.807) is 7.11 Å². The maximum atomic E-state index is 5.70. The van der Waals surface area contributed by atoms with Crippen LogP contribution in [0.25, 0.3) is 0 Å². The molecule has 114 valence electrons. The van der Waals surface area contributed by atoms with Gasteiger partial charge in [-0.25, -0.2) is 0 Å². The minimum absolute atomic E-state index is 0.140.